The molecule has 1 saturated heterocycles. The molecule has 0 saturated carbocycles. The van der Waals surface area contributed by atoms with Crippen molar-refractivity contribution < 1.29 is 14.0 Å². The van der Waals surface area contributed by atoms with Crippen molar-refractivity contribution in [3.63, 3.8) is 0 Å². The Morgan fingerprint density at radius 3 is 2.95 bits per heavy atom. The molecule has 0 aromatic carbocycles. The predicted molar refractivity (Wildman–Crippen MR) is 81.0 cm³/mol. The van der Waals surface area contributed by atoms with E-state index in [-0.39, 0.29) is 23.0 Å². The summed E-state index contributed by atoms with van der Waals surface area (Å²) in [6.07, 6.45) is 3.51. The summed E-state index contributed by atoms with van der Waals surface area (Å²) >= 11 is 7.30. The smallest absolute Gasteiger partial charge is 0.258 e. The number of hydrogen-bond donors (Lipinski definition) is 0. The lowest BCUT2D eigenvalue weighted by molar-refractivity contribution is 0.0717. The first-order valence-electron chi connectivity index (χ1n) is 6.77. The van der Waals surface area contributed by atoms with Gasteiger partial charge in [-0.25, -0.2) is 0 Å². The minimum Gasteiger partial charge on any atom is -0.452 e. The van der Waals surface area contributed by atoms with Crippen LogP contribution in [-0.4, -0.2) is 29.2 Å². The molecule has 3 rings (SSSR count). The van der Waals surface area contributed by atoms with Crippen LogP contribution in [0.15, 0.2) is 34.3 Å². The summed E-state index contributed by atoms with van der Waals surface area (Å²) in [6, 6.07) is 5.20. The van der Waals surface area contributed by atoms with Crippen LogP contribution >= 0.6 is 22.9 Å². The van der Waals surface area contributed by atoms with Gasteiger partial charge in [-0.2, -0.15) is 0 Å². The van der Waals surface area contributed by atoms with Gasteiger partial charge < -0.3 is 9.32 Å². The fourth-order valence-electron chi connectivity index (χ4n) is 2.67. The second kappa shape index (κ2) is 6.03. The summed E-state index contributed by atoms with van der Waals surface area (Å²) in [4.78, 5) is 27.2. The number of ketones is 1. The van der Waals surface area contributed by atoms with E-state index >= 15 is 0 Å². The van der Waals surface area contributed by atoms with E-state index < -0.39 is 0 Å². The van der Waals surface area contributed by atoms with Gasteiger partial charge in [0.15, 0.2) is 5.78 Å². The molecule has 0 N–H and O–H groups in total. The fourth-order valence-corrected chi connectivity index (χ4v) is 3.54. The monoisotopic (exact) mass is 323 g/mol. The molecule has 1 atom stereocenters. The van der Waals surface area contributed by atoms with Crippen LogP contribution in [0.4, 0.5) is 0 Å². The Hall–Kier alpha value is -1.59. The molecule has 3 heterocycles. The Morgan fingerprint density at radius 1 is 1.43 bits per heavy atom. The molecule has 110 valence electrons. The molecule has 1 fully saturated rings. The van der Waals surface area contributed by atoms with Gasteiger partial charge in [-0.05, 0) is 42.0 Å². The summed E-state index contributed by atoms with van der Waals surface area (Å²) in [6.45, 7) is 0.655. The van der Waals surface area contributed by atoms with Gasteiger partial charge in [0.25, 0.3) is 5.91 Å². The van der Waals surface area contributed by atoms with Crippen molar-refractivity contribution in [1.29, 1.82) is 0 Å². The van der Waals surface area contributed by atoms with E-state index in [0.29, 0.717) is 18.5 Å². The minimum absolute atomic E-state index is 0.0573. The quantitative estimate of drug-likeness (QED) is 0.802. The Labute approximate surface area is 131 Å². The van der Waals surface area contributed by atoms with Crippen LogP contribution in [0.25, 0.3) is 0 Å². The number of carbonyl (C=O) groups is 2. The second-order valence-corrected chi connectivity index (χ2v) is 6.30. The number of thiophene rings is 1. The van der Waals surface area contributed by atoms with Crippen molar-refractivity contribution in [3.8, 4) is 0 Å². The molecular formula is C15H14ClNO3S. The van der Waals surface area contributed by atoms with E-state index in [1.54, 1.807) is 11.0 Å². The molecule has 0 radical (unpaired) electrons. The van der Waals surface area contributed by atoms with Gasteiger partial charge in [0, 0.05) is 19.0 Å². The Kier molecular flexibility index (Phi) is 4.12. The average molecular weight is 324 g/mol. The van der Waals surface area contributed by atoms with Crippen LogP contribution in [0.3, 0.4) is 0 Å². The van der Waals surface area contributed by atoms with Gasteiger partial charge >= 0.3 is 0 Å². The minimum atomic E-state index is -0.157. The zero-order valence-corrected chi connectivity index (χ0v) is 12.8. The zero-order chi connectivity index (χ0) is 14.8. The van der Waals surface area contributed by atoms with Crippen molar-refractivity contribution in [3.05, 3.63) is 45.5 Å². The number of furan rings is 1. The van der Waals surface area contributed by atoms with Crippen molar-refractivity contribution >= 4 is 34.6 Å². The SMILES string of the molecule is O=C(C[C@H]1CCCN1C(=O)c1ccoc1Cl)c1cccs1. The van der Waals surface area contributed by atoms with Gasteiger partial charge in [0.05, 0.1) is 16.7 Å². The number of rotatable bonds is 4. The first-order chi connectivity index (χ1) is 10.2. The van der Waals surface area contributed by atoms with Gasteiger partial charge in [0.2, 0.25) is 5.22 Å². The van der Waals surface area contributed by atoms with Gasteiger partial charge in [0.1, 0.15) is 0 Å². The third-order valence-electron chi connectivity index (χ3n) is 3.70. The molecule has 0 spiro atoms. The van der Waals surface area contributed by atoms with Gasteiger partial charge in [-0.3, -0.25) is 9.59 Å². The molecule has 0 bridgehead atoms. The Balaban J connectivity index is 1.72. The highest BCUT2D eigenvalue weighted by Crippen LogP contribution is 2.27. The van der Waals surface area contributed by atoms with E-state index in [1.807, 2.05) is 17.5 Å². The van der Waals surface area contributed by atoms with Crippen molar-refractivity contribution in [1.82, 2.24) is 4.90 Å². The third-order valence-corrected chi connectivity index (χ3v) is 4.91. The number of amides is 1. The normalized spacial score (nSPS) is 18.1. The number of carbonyl (C=O) groups excluding carboxylic acids is 2. The summed E-state index contributed by atoms with van der Waals surface area (Å²) in [7, 11) is 0. The highest BCUT2D eigenvalue weighted by atomic mass is 35.5. The van der Waals surface area contributed by atoms with E-state index in [0.717, 1.165) is 17.7 Å². The van der Waals surface area contributed by atoms with Crippen LogP contribution in [0, 0.1) is 0 Å². The summed E-state index contributed by atoms with van der Waals surface area (Å²) in [5, 5.41) is 1.99. The molecular weight excluding hydrogens is 310 g/mol. The van der Waals surface area contributed by atoms with Crippen LogP contribution in [0.1, 0.15) is 39.3 Å². The van der Waals surface area contributed by atoms with Crippen LogP contribution in [0.5, 0.6) is 0 Å². The van der Waals surface area contributed by atoms with Crippen molar-refractivity contribution in [2.45, 2.75) is 25.3 Å². The highest BCUT2D eigenvalue weighted by Gasteiger charge is 2.32. The fraction of sp³-hybridized carbons (Fsp3) is 0.333. The maximum atomic E-state index is 12.5. The molecule has 1 aliphatic heterocycles. The van der Waals surface area contributed by atoms with Gasteiger partial charge in [-0.15, -0.1) is 11.3 Å². The number of nitrogens with zero attached hydrogens (tertiary/aromatic N) is 1. The number of Topliss-reactive ketones (excluding diaryl/α,β-unsaturated/α-hetero) is 1. The molecule has 1 amide bonds. The first kappa shape index (κ1) is 14.4. The summed E-state index contributed by atoms with van der Waals surface area (Å²) in [5.41, 5.74) is 0.368. The van der Waals surface area contributed by atoms with E-state index in [9.17, 15) is 9.59 Å². The molecule has 2 aromatic rings. The van der Waals surface area contributed by atoms with Crippen LogP contribution in [0.2, 0.25) is 5.22 Å². The molecule has 6 heteroatoms. The largest absolute Gasteiger partial charge is 0.452 e. The molecule has 21 heavy (non-hydrogen) atoms. The maximum absolute atomic E-state index is 12.5. The van der Waals surface area contributed by atoms with Crippen molar-refractivity contribution in [2.24, 2.45) is 0 Å². The lowest BCUT2D eigenvalue weighted by atomic mass is 10.1. The Morgan fingerprint density at radius 2 is 2.29 bits per heavy atom. The molecule has 0 aliphatic carbocycles. The van der Waals surface area contributed by atoms with Crippen molar-refractivity contribution in [2.75, 3.05) is 6.54 Å². The molecule has 2 aromatic heterocycles. The van der Waals surface area contributed by atoms with E-state index in [4.69, 9.17) is 16.0 Å². The summed E-state index contributed by atoms with van der Waals surface area (Å²) < 4.78 is 4.97. The average Bonchev–Trinajstić information content (AvgIpc) is 3.19. The lowest BCUT2D eigenvalue weighted by Crippen LogP contribution is -2.36. The molecule has 0 unspecified atom stereocenters. The standard InChI is InChI=1S/C15H14ClNO3S/c16-14-11(5-7-20-14)15(19)17-6-1-3-10(17)9-12(18)13-4-2-8-21-13/h2,4-5,7-8,10H,1,3,6,9H2/t10-/m1/s1. The highest BCUT2D eigenvalue weighted by molar-refractivity contribution is 7.12. The molecule has 4 nitrogen and oxygen atoms in total. The third kappa shape index (κ3) is 2.89. The second-order valence-electron chi connectivity index (χ2n) is 5.01. The Bertz CT molecular complexity index is 650. The first-order valence-corrected chi connectivity index (χ1v) is 8.03. The van der Waals surface area contributed by atoms with Gasteiger partial charge in [-0.1, -0.05) is 6.07 Å². The molecule has 1 aliphatic rings. The predicted octanol–water partition coefficient (Wildman–Crippen LogP) is 3.87. The van der Waals surface area contributed by atoms with E-state index in [2.05, 4.69) is 0 Å². The van der Waals surface area contributed by atoms with Crippen LogP contribution in [-0.2, 0) is 0 Å². The topological polar surface area (TPSA) is 50.5 Å². The van der Waals surface area contributed by atoms with Crippen LogP contribution < -0.4 is 0 Å². The number of hydrogen-bond acceptors (Lipinski definition) is 4. The van der Waals surface area contributed by atoms with E-state index in [1.165, 1.54) is 17.6 Å². The number of likely N-dealkylation sites (tertiary alicyclic amines) is 1. The maximum Gasteiger partial charge on any atom is 0.258 e. The summed E-state index contributed by atoms with van der Waals surface area (Å²) in [5.74, 6) is -0.0665. The lowest BCUT2D eigenvalue weighted by Gasteiger charge is -2.23. The zero-order valence-electron chi connectivity index (χ0n) is 11.3. The number of halogens is 1.